The second-order valence-electron chi connectivity index (χ2n) is 6.46. The van der Waals surface area contributed by atoms with Crippen LogP contribution in [0.15, 0.2) is 24.4 Å². The van der Waals surface area contributed by atoms with Crippen molar-refractivity contribution in [2.75, 3.05) is 6.54 Å². The normalized spacial score (nSPS) is 16.1. The van der Waals surface area contributed by atoms with Gasteiger partial charge in [0.15, 0.2) is 0 Å². The van der Waals surface area contributed by atoms with E-state index in [0.29, 0.717) is 23.7 Å². The number of carbonyl (C=O) groups excluding carboxylic acids is 2. The molecule has 2 amide bonds. The number of rotatable bonds is 2. The Labute approximate surface area is 138 Å². The molecule has 1 aliphatic heterocycles. The van der Waals surface area contributed by atoms with Gasteiger partial charge in [0.1, 0.15) is 5.69 Å². The number of hydrogen-bond acceptors (Lipinski definition) is 4. The first-order valence-electron chi connectivity index (χ1n) is 7.31. The zero-order valence-corrected chi connectivity index (χ0v) is 14.1. The summed E-state index contributed by atoms with van der Waals surface area (Å²) < 4.78 is 1.81. The second-order valence-corrected chi connectivity index (χ2v) is 7.51. The van der Waals surface area contributed by atoms with Crippen LogP contribution in [-0.2, 0) is 19.0 Å². The van der Waals surface area contributed by atoms with E-state index < -0.39 is 5.91 Å². The Balaban J connectivity index is 1.94. The molecule has 0 saturated heterocycles. The third kappa shape index (κ3) is 2.66. The molecule has 3 rings (SSSR count). The molecule has 3 heterocycles. The molecule has 1 aliphatic rings. The maximum Gasteiger partial charge on any atom is 0.284 e. The molecule has 0 aromatic carbocycles. The minimum atomic E-state index is -0.513. The van der Waals surface area contributed by atoms with Crippen molar-refractivity contribution in [1.82, 2.24) is 14.9 Å². The summed E-state index contributed by atoms with van der Waals surface area (Å²) in [6, 6.07) is 5.42. The van der Waals surface area contributed by atoms with E-state index in [1.807, 2.05) is 34.8 Å². The van der Waals surface area contributed by atoms with Crippen LogP contribution in [0.25, 0.3) is 0 Å². The summed E-state index contributed by atoms with van der Waals surface area (Å²) in [5.74, 6) is -0.531. The predicted molar refractivity (Wildman–Crippen MR) is 86.8 cm³/mol. The number of nitrogens with one attached hydrogen (secondary N) is 1. The van der Waals surface area contributed by atoms with Crippen molar-refractivity contribution in [3.05, 3.63) is 45.4 Å². The van der Waals surface area contributed by atoms with Crippen LogP contribution in [0.3, 0.4) is 0 Å². The summed E-state index contributed by atoms with van der Waals surface area (Å²) in [7, 11) is 1.85. The molecule has 0 atom stereocenters. The van der Waals surface area contributed by atoms with E-state index in [1.165, 1.54) is 11.3 Å². The molecule has 23 heavy (non-hydrogen) atoms. The Kier molecular flexibility index (Phi) is 3.77. The monoisotopic (exact) mass is 333 g/mol. The van der Waals surface area contributed by atoms with Crippen LogP contribution in [0.4, 0.5) is 0 Å². The molecule has 0 spiro atoms. The van der Waals surface area contributed by atoms with Gasteiger partial charge in [-0.15, -0.1) is 11.3 Å². The minimum absolute atomic E-state index is 0.0180. The molecule has 0 bridgehead atoms. The lowest BCUT2D eigenvalue weighted by Crippen LogP contribution is -2.44. The highest BCUT2D eigenvalue weighted by atomic mass is 32.1. The number of carbonyl (C=O) groups is 2. The average molecular weight is 333 g/mol. The lowest BCUT2D eigenvalue weighted by Gasteiger charge is -2.38. The van der Waals surface area contributed by atoms with E-state index in [4.69, 9.17) is 5.21 Å². The molecular weight excluding hydrogens is 314 g/mol. The van der Waals surface area contributed by atoms with Gasteiger partial charge in [0.2, 0.25) is 0 Å². The van der Waals surface area contributed by atoms with Gasteiger partial charge in [-0.2, -0.15) is 0 Å². The van der Waals surface area contributed by atoms with Crippen molar-refractivity contribution in [3.63, 3.8) is 0 Å². The molecule has 0 saturated carbocycles. The number of nitrogens with zero attached hydrogens (tertiary/aromatic N) is 2. The topological polar surface area (TPSA) is 74.6 Å². The van der Waals surface area contributed by atoms with Gasteiger partial charge in [0, 0.05) is 36.6 Å². The van der Waals surface area contributed by atoms with E-state index in [9.17, 15) is 9.59 Å². The fourth-order valence-electron chi connectivity index (χ4n) is 3.09. The third-order valence-electron chi connectivity index (χ3n) is 4.15. The molecule has 2 N–H and O–H groups in total. The fraction of sp³-hybridized carbons (Fsp3) is 0.375. The quantitative estimate of drug-likeness (QED) is 0.653. The Morgan fingerprint density at radius 3 is 2.74 bits per heavy atom. The predicted octanol–water partition coefficient (Wildman–Crippen LogP) is 2.14. The van der Waals surface area contributed by atoms with Crippen molar-refractivity contribution < 1.29 is 14.8 Å². The van der Waals surface area contributed by atoms with Crippen LogP contribution in [0, 0.1) is 0 Å². The molecule has 6 nitrogen and oxygen atoms in total. The summed E-state index contributed by atoms with van der Waals surface area (Å²) >= 11 is 1.37. The molecular formula is C16H19N3O3S. The highest BCUT2D eigenvalue weighted by Crippen LogP contribution is 2.39. The van der Waals surface area contributed by atoms with Gasteiger partial charge in [0.05, 0.1) is 4.88 Å². The Bertz CT molecular complexity index is 775. The Morgan fingerprint density at radius 1 is 1.39 bits per heavy atom. The molecule has 0 radical (unpaired) electrons. The van der Waals surface area contributed by atoms with Crippen molar-refractivity contribution in [3.8, 4) is 0 Å². The average Bonchev–Trinajstić information content (AvgIpc) is 3.11. The van der Waals surface area contributed by atoms with E-state index in [1.54, 1.807) is 11.5 Å². The summed E-state index contributed by atoms with van der Waals surface area (Å²) in [5.41, 5.74) is 3.04. The number of hydroxylamine groups is 1. The van der Waals surface area contributed by atoms with Gasteiger partial charge in [-0.3, -0.25) is 14.8 Å². The number of aryl methyl sites for hydroxylation is 1. The smallest absolute Gasteiger partial charge is 0.284 e. The Hall–Kier alpha value is -2.12. The van der Waals surface area contributed by atoms with E-state index in [2.05, 4.69) is 13.8 Å². The Morgan fingerprint density at radius 2 is 2.13 bits per heavy atom. The van der Waals surface area contributed by atoms with Crippen molar-refractivity contribution in [1.29, 1.82) is 0 Å². The number of amides is 2. The van der Waals surface area contributed by atoms with Crippen molar-refractivity contribution in [2.24, 2.45) is 7.05 Å². The maximum absolute atomic E-state index is 12.8. The molecule has 0 unspecified atom stereocenters. The molecule has 0 aliphatic carbocycles. The lowest BCUT2D eigenvalue weighted by atomic mass is 9.85. The molecule has 7 heteroatoms. The van der Waals surface area contributed by atoms with E-state index in [0.717, 1.165) is 10.4 Å². The van der Waals surface area contributed by atoms with Gasteiger partial charge in [-0.05, 0) is 23.8 Å². The zero-order valence-electron chi connectivity index (χ0n) is 13.3. The zero-order chi connectivity index (χ0) is 16.8. The summed E-state index contributed by atoms with van der Waals surface area (Å²) in [4.78, 5) is 27.8. The number of thiophene rings is 1. The van der Waals surface area contributed by atoms with Crippen molar-refractivity contribution >= 4 is 23.2 Å². The molecule has 2 aromatic rings. The van der Waals surface area contributed by atoms with Gasteiger partial charge < -0.3 is 9.47 Å². The molecule has 2 aromatic heterocycles. The van der Waals surface area contributed by atoms with Crippen molar-refractivity contribution in [2.45, 2.75) is 25.8 Å². The second kappa shape index (κ2) is 5.50. The summed E-state index contributed by atoms with van der Waals surface area (Å²) in [6.45, 7) is 5.18. The fourth-order valence-corrected chi connectivity index (χ4v) is 4.24. The number of fused-ring (bicyclic) bond motifs is 1. The first kappa shape index (κ1) is 15.8. The van der Waals surface area contributed by atoms with Gasteiger partial charge in [0.25, 0.3) is 11.8 Å². The summed E-state index contributed by atoms with van der Waals surface area (Å²) in [5, 5.41) is 8.82. The highest BCUT2D eigenvalue weighted by Gasteiger charge is 2.37. The maximum atomic E-state index is 12.8. The lowest BCUT2D eigenvalue weighted by molar-refractivity contribution is 0.0679. The standard InChI is InChI=1S/C16H19N3O3S/c1-16(2)9-19(15(21)11-5-4-6-18(11)3)8-10-7-12(14(20)17-22)23-13(10)16/h4-7,22H,8-9H2,1-3H3,(H,17,20). The van der Waals surface area contributed by atoms with Gasteiger partial charge in [-0.1, -0.05) is 13.8 Å². The largest absolute Gasteiger partial charge is 0.347 e. The van der Waals surface area contributed by atoms with E-state index >= 15 is 0 Å². The van der Waals surface area contributed by atoms with Gasteiger partial charge in [-0.25, -0.2) is 5.48 Å². The molecule has 0 fully saturated rings. The third-order valence-corrected chi connectivity index (χ3v) is 5.69. The molecule has 122 valence electrons. The minimum Gasteiger partial charge on any atom is -0.347 e. The van der Waals surface area contributed by atoms with Crippen LogP contribution in [0.1, 0.15) is 44.4 Å². The van der Waals surface area contributed by atoms with Crippen LogP contribution in [0.2, 0.25) is 0 Å². The SMILES string of the molecule is Cn1cccc1C(=O)N1Cc2cc(C(=O)NO)sc2C(C)(C)C1. The first-order chi connectivity index (χ1) is 10.8. The van der Waals surface area contributed by atoms with Crippen LogP contribution >= 0.6 is 11.3 Å². The number of aromatic nitrogens is 1. The van der Waals surface area contributed by atoms with E-state index in [-0.39, 0.29) is 11.3 Å². The van der Waals surface area contributed by atoms with Crippen LogP contribution in [-0.4, -0.2) is 33.0 Å². The highest BCUT2D eigenvalue weighted by molar-refractivity contribution is 7.14. The van der Waals surface area contributed by atoms with Crippen LogP contribution < -0.4 is 5.48 Å². The number of hydrogen-bond donors (Lipinski definition) is 2. The summed E-state index contributed by atoms with van der Waals surface area (Å²) in [6.07, 6.45) is 1.85. The van der Waals surface area contributed by atoms with Crippen LogP contribution in [0.5, 0.6) is 0 Å². The first-order valence-corrected chi connectivity index (χ1v) is 8.13. The van der Waals surface area contributed by atoms with Gasteiger partial charge >= 0.3 is 0 Å².